The number of rotatable bonds is 5. The van der Waals surface area contributed by atoms with E-state index >= 15 is 0 Å². The van der Waals surface area contributed by atoms with Crippen molar-refractivity contribution in [3.63, 3.8) is 0 Å². The van der Waals surface area contributed by atoms with E-state index in [1.807, 2.05) is 6.92 Å². The first kappa shape index (κ1) is 17.2. The maximum atomic E-state index is 13.2. The summed E-state index contributed by atoms with van der Waals surface area (Å²) in [5.41, 5.74) is 0.871. The molecule has 0 saturated heterocycles. The van der Waals surface area contributed by atoms with Gasteiger partial charge in [0.2, 0.25) is 5.91 Å². The summed E-state index contributed by atoms with van der Waals surface area (Å²) in [5, 5.41) is 14.2. The van der Waals surface area contributed by atoms with Crippen LogP contribution < -0.4 is 5.32 Å². The molecule has 132 valence electrons. The molecule has 6 heteroatoms. The third-order valence-corrected chi connectivity index (χ3v) is 4.33. The van der Waals surface area contributed by atoms with Gasteiger partial charge in [-0.05, 0) is 50.6 Å². The van der Waals surface area contributed by atoms with E-state index < -0.39 is 5.60 Å². The van der Waals surface area contributed by atoms with Crippen molar-refractivity contribution < 1.29 is 18.7 Å². The van der Waals surface area contributed by atoms with Crippen LogP contribution in [-0.4, -0.2) is 22.5 Å². The molecule has 3 aromatic rings. The summed E-state index contributed by atoms with van der Waals surface area (Å²) < 4.78 is 18.7. The van der Waals surface area contributed by atoms with E-state index in [0.717, 1.165) is 10.9 Å². The van der Waals surface area contributed by atoms with Crippen LogP contribution in [-0.2, 0) is 16.8 Å². The Bertz CT molecular complexity index is 924. The molecule has 1 amide bonds. The number of aryl methyl sites for hydroxylation is 2. The van der Waals surface area contributed by atoms with Crippen molar-refractivity contribution in [3.8, 4) is 0 Å². The van der Waals surface area contributed by atoms with Crippen LogP contribution in [0, 0.1) is 19.7 Å². The standard InChI is InChI=1S/C19H21FN2O3/c1-11-6-16(12(2)25-11)19(3,24)10-22-18(23)7-13-9-21-17-8-14(20)4-5-15(13)17/h4-6,8-9,21,24H,7,10H2,1-3H3,(H,22,23). The van der Waals surface area contributed by atoms with Crippen molar-refractivity contribution >= 4 is 16.8 Å². The molecular weight excluding hydrogens is 323 g/mol. The van der Waals surface area contributed by atoms with E-state index in [1.54, 1.807) is 32.2 Å². The van der Waals surface area contributed by atoms with Crippen LogP contribution in [0.4, 0.5) is 4.39 Å². The molecule has 2 aromatic heterocycles. The van der Waals surface area contributed by atoms with Gasteiger partial charge in [0.15, 0.2) is 0 Å². The Morgan fingerprint density at radius 3 is 2.80 bits per heavy atom. The van der Waals surface area contributed by atoms with Gasteiger partial charge in [0, 0.05) is 22.7 Å². The number of benzene rings is 1. The number of furan rings is 1. The van der Waals surface area contributed by atoms with E-state index in [9.17, 15) is 14.3 Å². The number of nitrogens with one attached hydrogen (secondary N) is 2. The summed E-state index contributed by atoms with van der Waals surface area (Å²) in [6, 6.07) is 6.19. The molecule has 0 bridgehead atoms. The van der Waals surface area contributed by atoms with Gasteiger partial charge in [-0.3, -0.25) is 4.79 Å². The number of aromatic amines is 1. The Kier molecular flexibility index (Phi) is 4.39. The number of carbonyl (C=O) groups excluding carboxylic acids is 1. The Morgan fingerprint density at radius 2 is 2.12 bits per heavy atom. The first-order chi connectivity index (χ1) is 11.8. The summed E-state index contributed by atoms with van der Waals surface area (Å²) in [4.78, 5) is 15.2. The molecule has 25 heavy (non-hydrogen) atoms. The highest BCUT2D eigenvalue weighted by atomic mass is 19.1. The van der Waals surface area contributed by atoms with Gasteiger partial charge in [0.1, 0.15) is 22.9 Å². The van der Waals surface area contributed by atoms with Gasteiger partial charge < -0.3 is 19.8 Å². The molecule has 0 aliphatic heterocycles. The summed E-state index contributed by atoms with van der Waals surface area (Å²) in [5.74, 6) is 0.802. The van der Waals surface area contributed by atoms with Crippen LogP contribution in [0.3, 0.4) is 0 Å². The van der Waals surface area contributed by atoms with E-state index in [-0.39, 0.29) is 24.7 Å². The minimum Gasteiger partial charge on any atom is -0.466 e. The Hall–Kier alpha value is -2.60. The summed E-state index contributed by atoms with van der Waals surface area (Å²) in [6.45, 7) is 5.30. The van der Waals surface area contributed by atoms with Crippen LogP contribution in [0.15, 0.2) is 34.9 Å². The monoisotopic (exact) mass is 344 g/mol. The molecule has 0 spiro atoms. The van der Waals surface area contributed by atoms with Crippen LogP contribution in [0.2, 0.25) is 0 Å². The SMILES string of the molecule is Cc1cc(C(C)(O)CNC(=O)Cc2c[nH]c3cc(F)ccc23)c(C)o1. The van der Waals surface area contributed by atoms with E-state index in [2.05, 4.69) is 10.3 Å². The van der Waals surface area contributed by atoms with Gasteiger partial charge >= 0.3 is 0 Å². The van der Waals surface area contributed by atoms with Crippen molar-refractivity contribution in [1.82, 2.24) is 10.3 Å². The van der Waals surface area contributed by atoms with Crippen molar-refractivity contribution in [2.75, 3.05) is 6.54 Å². The molecule has 0 aliphatic rings. The average Bonchev–Trinajstić information content (AvgIpc) is 3.08. The summed E-state index contributed by atoms with van der Waals surface area (Å²) in [7, 11) is 0. The number of H-pyrrole nitrogens is 1. The maximum Gasteiger partial charge on any atom is 0.224 e. The molecular formula is C19H21FN2O3. The van der Waals surface area contributed by atoms with E-state index in [1.165, 1.54) is 12.1 Å². The number of amides is 1. The molecule has 0 fully saturated rings. The van der Waals surface area contributed by atoms with Crippen LogP contribution >= 0.6 is 0 Å². The Morgan fingerprint density at radius 1 is 1.36 bits per heavy atom. The lowest BCUT2D eigenvalue weighted by molar-refractivity contribution is -0.121. The minimum atomic E-state index is -1.22. The second-order valence-electron chi connectivity index (χ2n) is 6.56. The lowest BCUT2D eigenvalue weighted by Gasteiger charge is -2.23. The molecule has 0 aliphatic carbocycles. The molecule has 1 unspecified atom stereocenters. The maximum absolute atomic E-state index is 13.2. The molecule has 1 aromatic carbocycles. The highest BCUT2D eigenvalue weighted by Gasteiger charge is 2.28. The van der Waals surface area contributed by atoms with Gasteiger partial charge in [0.25, 0.3) is 0 Å². The lowest BCUT2D eigenvalue weighted by Crippen LogP contribution is -2.39. The first-order valence-electron chi connectivity index (χ1n) is 8.08. The summed E-state index contributed by atoms with van der Waals surface area (Å²) in [6.07, 6.45) is 1.84. The second kappa shape index (κ2) is 6.37. The van der Waals surface area contributed by atoms with Crippen LogP contribution in [0.25, 0.3) is 10.9 Å². The number of carbonyl (C=O) groups is 1. The Labute approximate surface area is 144 Å². The fourth-order valence-corrected chi connectivity index (χ4v) is 3.07. The van der Waals surface area contributed by atoms with Crippen molar-refractivity contribution in [2.45, 2.75) is 32.8 Å². The zero-order valence-electron chi connectivity index (χ0n) is 14.4. The number of halogens is 1. The third kappa shape index (κ3) is 3.58. The average molecular weight is 344 g/mol. The number of hydrogen-bond donors (Lipinski definition) is 3. The van der Waals surface area contributed by atoms with Gasteiger partial charge in [-0.1, -0.05) is 0 Å². The highest BCUT2D eigenvalue weighted by Crippen LogP contribution is 2.26. The topological polar surface area (TPSA) is 78.3 Å². The lowest BCUT2D eigenvalue weighted by atomic mass is 9.96. The molecule has 0 saturated carbocycles. The molecule has 3 N–H and O–H groups in total. The zero-order chi connectivity index (χ0) is 18.2. The van der Waals surface area contributed by atoms with Gasteiger partial charge in [0.05, 0.1) is 13.0 Å². The molecule has 1 atom stereocenters. The van der Waals surface area contributed by atoms with Crippen LogP contribution in [0.5, 0.6) is 0 Å². The fourth-order valence-electron chi connectivity index (χ4n) is 3.07. The number of aromatic nitrogens is 1. The number of fused-ring (bicyclic) bond motifs is 1. The van der Waals surface area contributed by atoms with Gasteiger partial charge in [-0.2, -0.15) is 0 Å². The summed E-state index contributed by atoms with van der Waals surface area (Å²) >= 11 is 0. The first-order valence-corrected chi connectivity index (χ1v) is 8.08. The minimum absolute atomic E-state index is 0.0721. The zero-order valence-corrected chi connectivity index (χ0v) is 14.4. The third-order valence-electron chi connectivity index (χ3n) is 4.33. The molecule has 5 nitrogen and oxygen atoms in total. The Balaban J connectivity index is 1.67. The molecule has 0 radical (unpaired) electrons. The predicted octanol–water partition coefficient (Wildman–Crippen LogP) is 3.08. The van der Waals surface area contributed by atoms with Gasteiger partial charge in [-0.25, -0.2) is 4.39 Å². The number of hydrogen-bond acceptors (Lipinski definition) is 3. The predicted molar refractivity (Wildman–Crippen MR) is 92.7 cm³/mol. The van der Waals surface area contributed by atoms with E-state index in [4.69, 9.17) is 4.42 Å². The van der Waals surface area contributed by atoms with Gasteiger partial charge in [-0.15, -0.1) is 0 Å². The fraction of sp³-hybridized carbons (Fsp3) is 0.316. The quantitative estimate of drug-likeness (QED) is 0.665. The molecule has 3 rings (SSSR count). The van der Waals surface area contributed by atoms with Crippen molar-refractivity contribution in [1.29, 1.82) is 0 Å². The van der Waals surface area contributed by atoms with Crippen molar-refractivity contribution in [2.24, 2.45) is 0 Å². The van der Waals surface area contributed by atoms with Crippen LogP contribution in [0.1, 0.15) is 29.6 Å². The molecule has 2 heterocycles. The number of aliphatic hydroxyl groups is 1. The normalized spacial score (nSPS) is 13.8. The smallest absolute Gasteiger partial charge is 0.224 e. The second-order valence-corrected chi connectivity index (χ2v) is 6.56. The highest BCUT2D eigenvalue weighted by molar-refractivity contribution is 5.88. The van der Waals surface area contributed by atoms with Crippen molar-refractivity contribution in [3.05, 3.63) is 58.9 Å². The largest absolute Gasteiger partial charge is 0.466 e. The van der Waals surface area contributed by atoms with E-state index in [0.29, 0.717) is 22.6 Å².